The maximum Gasteiger partial charge on any atom is 0.142 e. The first-order valence-electron chi connectivity index (χ1n) is 7.42. The Hall–Kier alpha value is -2.75. The average Bonchev–Trinajstić information content (AvgIpc) is 2.99. The molecule has 22 heavy (non-hydrogen) atoms. The maximum absolute atomic E-state index is 5.86. The first-order chi connectivity index (χ1) is 10.8. The number of aromatic nitrogens is 3. The molecule has 108 valence electrons. The summed E-state index contributed by atoms with van der Waals surface area (Å²) in [6.07, 6.45) is 5.38. The molecule has 2 heterocycles. The van der Waals surface area contributed by atoms with E-state index in [2.05, 4.69) is 21.0 Å². The van der Waals surface area contributed by atoms with Gasteiger partial charge in [0.1, 0.15) is 5.82 Å². The van der Waals surface area contributed by atoms with Crippen LogP contribution >= 0.6 is 0 Å². The molecule has 1 aliphatic rings. The quantitative estimate of drug-likeness (QED) is 0.787. The molecule has 4 nitrogen and oxygen atoms in total. The summed E-state index contributed by atoms with van der Waals surface area (Å²) in [4.78, 5) is 13.6. The molecule has 0 bridgehead atoms. The first kappa shape index (κ1) is 13.0. The topological polar surface area (TPSA) is 64.7 Å². The van der Waals surface area contributed by atoms with Gasteiger partial charge in [0.05, 0.1) is 17.6 Å². The molecule has 1 aromatic carbocycles. The number of anilines is 1. The van der Waals surface area contributed by atoms with Crippen LogP contribution in [0.3, 0.4) is 0 Å². The molecule has 2 aromatic heterocycles. The van der Waals surface area contributed by atoms with Crippen molar-refractivity contribution in [3.8, 4) is 11.3 Å². The zero-order valence-corrected chi connectivity index (χ0v) is 12.1. The summed E-state index contributed by atoms with van der Waals surface area (Å²) < 4.78 is 0. The fourth-order valence-corrected chi connectivity index (χ4v) is 3.12. The first-order valence-corrected chi connectivity index (χ1v) is 7.42. The van der Waals surface area contributed by atoms with Gasteiger partial charge in [-0.1, -0.05) is 36.4 Å². The van der Waals surface area contributed by atoms with E-state index in [-0.39, 0.29) is 0 Å². The van der Waals surface area contributed by atoms with E-state index in [4.69, 9.17) is 5.73 Å². The smallest absolute Gasteiger partial charge is 0.142 e. The molecular weight excluding hydrogens is 272 g/mol. The number of benzene rings is 1. The van der Waals surface area contributed by atoms with Crippen LogP contribution in [0.25, 0.3) is 11.3 Å². The number of fused-ring (bicyclic) bond motifs is 1. The van der Waals surface area contributed by atoms with Crippen molar-refractivity contribution in [2.24, 2.45) is 0 Å². The molecule has 0 saturated carbocycles. The van der Waals surface area contributed by atoms with E-state index in [9.17, 15) is 0 Å². The Bertz CT molecular complexity index is 789. The van der Waals surface area contributed by atoms with Crippen molar-refractivity contribution < 1.29 is 0 Å². The van der Waals surface area contributed by atoms with E-state index in [1.165, 1.54) is 11.3 Å². The van der Waals surface area contributed by atoms with Gasteiger partial charge in [-0.2, -0.15) is 0 Å². The fourth-order valence-electron chi connectivity index (χ4n) is 3.12. The van der Waals surface area contributed by atoms with E-state index in [1.807, 2.05) is 42.6 Å². The SMILES string of the molecule is Nc1cnc(C2Cc3cccnc3C2)c(-c2ccccc2)n1. The molecule has 0 saturated heterocycles. The molecule has 0 radical (unpaired) electrons. The molecule has 0 amide bonds. The monoisotopic (exact) mass is 288 g/mol. The highest BCUT2D eigenvalue weighted by atomic mass is 14.9. The van der Waals surface area contributed by atoms with Crippen molar-refractivity contribution in [3.05, 3.63) is 71.8 Å². The standard InChI is InChI=1S/C18H16N4/c19-16-11-21-17(18(22-16)12-5-2-1-3-6-12)14-9-13-7-4-8-20-15(13)10-14/h1-8,11,14H,9-10H2,(H2,19,22). The molecule has 3 aromatic rings. The second-order valence-corrected chi connectivity index (χ2v) is 5.61. The lowest BCUT2D eigenvalue weighted by molar-refractivity contribution is 0.707. The molecule has 1 aliphatic carbocycles. The number of nitrogens with two attached hydrogens (primary N) is 1. The summed E-state index contributed by atoms with van der Waals surface area (Å²) in [7, 11) is 0. The normalized spacial score (nSPS) is 16.5. The lowest BCUT2D eigenvalue weighted by atomic mass is 9.97. The van der Waals surface area contributed by atoms with Crippen molar-refractivity contribution in [2.75, 3.05) is 5.73 Å². The van der Waals surface area contributed by atoms with Crippen LogP contribution in [0.2, 0.25) is 0 Å². The average molecular weight is 288 g/mol. The van der Waals surface area contributed by atoms with E-state index in [0.29, 0.717) is 11.7 Å². The molecule has 1 atom stereocenters. The molecule has 2 N–H and O–H groups in total. The predicted octanol–water partition coefficient (Wildman–Crippen LogP) is 3.00. The Morgan fingerprint density at radius 2 is 1.82 bits per heavy atom. The minimum atomic E-state index is 0.313. The molecule has 1 unspecified atom stereocenters. The number of nitrogen functional groups attached to an aromatic ring is 1. The summed E-state index contributed by atoms with van der Waals surface area (Å²) in [5.74, 6) is 0.768. The minimum Gasteiger partial charge on any atom is -0.382 e. The van der Waals surface area contributed by atoms with Gasteiger partial charge in [-0.05, 0) is 24.5 Å². The van der Waals surface area contributed by atoms with Crippen LogP contribution in [0.4, 0.5) is 5.82 Å². The van der Waals surface area contributed by atoms with Gasteiger partial charge >= 0.3 is 0 Å². The molecule has 0 aliphatic heterocycles. The number of rotatable bonds is 2. The van der Waals surface area contributed by atoms with E-state index >= 15 is 0 Å². The highest BCUT2D eigenvalue weighted by Crippen LogP contribution is 2.36. The Labute approximate surface area is 129 Å². The van der Waals surface area contributed by atoms with E-state index in [0.717, 1.165) is 29.8 Å². The van der Waals surface area contributed by atoms with Gasteiger partial charge in [0.15, 0.2) is 0 Å². The number of pyridine rings is 1. The van der Waals surface area contributed by atoms with Gasteiger partial charge in [0.2, 0.25) is 0 Å². The Morgan fingerprint density at radius 3 is 2.64 bits per heavy atom. The van der Waals surface area contributed by atoms with E-state index < -0.39 is 0 Å². The molecule has 0 spiro atoms. The van der Waals surface area contributed by atoms with Crippen LogP contribution in [0.5, 0.6) is 0 Å². The molecular formula is C18H16N4. The largest absolute Gasteiger partial charge is 0.382 e. The van der Waals surface area contributed by atoms with Crippen molar-refractivity contribution in [3.63, 3.8) is 0 Å². The van der Waals surface area contributed by atoms with Crippen LogP contribution in [-0.2, 0) is 12.8 Å². The zero-order valence-electron chi connectivity index (χ0n) is 12.1. The van der Waals surface area contributed by atoms with Crippen molar-refractivity contribution in [1.29, 1.82) is 0 Å². The lowest BCUT2D eigenvalue weighted by Crippen LogP contribution is -2.07. The second-order valence-electron chi connectivity index (χ2n) is 5.61. The van der Waals surface area contributed by atoms with E-state index in [1.54, 1.807) is 6.20 Å². The molecule has 4 heteroatoms. The van der Waals surface area contributed by atoms with Gasteiger partial charge in [-0.15, -0.1) is 0 Å². The summed E-state index contributed by atoms with van der Waals surface area (Å²) in [6, 6.07) is 14.3. The minimum absolute atomic E-state index is 0.313. The third kappa shape index (κ3) is 2.22. The van der Waals surface area contributed by atoms with Gasteiger partial charge in [-0.3, -0.25) is 9.97 Å². The lowest BCUT2D eigenvalue weighted by Gasteiger charge is -2.13. The number of hydrogen-bond acceptors (Lipinski definition) is 4. The number of nitrogens with zero attached hydrogens (tertiary/aromatic N) is 3. The highest BCUT2D eigenvalue weighted by molar-refractivity contribution is 5.64. The van der Waals surface area contributed by atoms with Crippen LogP contribution in [0, 0.1) is 0 Å². The van der Waals surface area contributed by atoms with Gasteiger partial charge < -0.3 is 5.73 Å². The van der Waals surface area contributed by atoms with Crippen LogP contribution in [0.15, 0.2) is 54.9 Å². The zero-order chi connectivity index (χ0) is 14.9. The predicted molar refractivity (Wildman–Crippen MR) is 86.3 cm³/mol. The second kappa shape index (κ2) is 5.22. The Balaban J connectivity index is 1.78. The van der Waals surface area contributed by atoms with Crippen LogP contribution < -0.4 is 5.73 Å². The van der Waals surface area contributed by atoms with Crippen LogP contribution in [0.1, 0.15) is 22.9 Å². The molecule has 4 rings (SSSR count). The highest BCUT2D eigenvalue weighted by Gasteiger charge is 2.27. The van der Waals surface area contributed by atoms with Crippen LogP contribution in [-0.4, -0.2) is 15.0 Å². The third-order valence-corrected chi connectivity index (χ3v) is 4.14. The van der Waals surface area contributed by atoms with Crippen molar-refractivity contribution in [1.82, 2.24) is 15.0 Å². The maximum atomic E-state index is 5.86. The number of hydrogen-bond donors (Lipinski definition) is 1. The Kier molecular flexibility index (Phi) is 3.07. The summed E-state index contributed by atoms with van der Waals surface area (Å²) >= 11 is 0. The Morgan fingerprint density at radius 1 is 0.955 bits per heavy atom. The molecule has 0 fully saturated rings. The summed E-state index contributed by atoms with van der Waals surface area (Å²) in [5.41, 5.74) is 11.3. The van der Waals surface area contributed by atoms with Crippen molar-refractivity contribution >= 4 is 5.82 Å². The van der Waals surface area contributed by atoms with Gasteiger partial charge in [-0.25, -0.2) is 4.98 Å². The fraction of sp³-hybridized carbons (Fsp3) is 0.167. The summed E-state index contributed by atoms with van der Waals surface area (Å²) in [5, 5.41) is 0. The van der Waals surface area contributed by atoms with Gasteiger partial charge in [0, 0.05) is 23.4 Å². The van der Waals surface area contributed by atoms with Gasteiger partial charge in [0.25, 0.3) is 0 Å². The van der Waals surface area contributed by atoms with Crippen molar-refractivity contribution in [2.45, 2.75) is 18.8 Å². The summed E-state index contributed by atoms with van der Waals surface area (Å²) in [6.45, 7) is 0. The third-order valence-electron chi connectivity index (χ3n) is 4.14.